The normalized spacial score (nSPS) is 10.8. The molecule has 0 bridgehead atoms. The molecule has 0 aliphatic heterocycles. The van der Waals surface area contributed by atoms with Gasteiger partial charge in [-0.25, -0.2) is 4.98 Å². The summed E-state index contributed by atoms with van der Waals surface area (Å²) in [5.74, 6) is 1.01. The van der Waals surface area contributed by atoms with Gasteiger partial charge in [0.25, 0.3) is 5.91 Å². The van der Waals surface area contributed by atoms with Crippen molar-refractivity contribution < 1.29 is 9.53 Å². The molecule has 27 heavy (non-hydrogen) atoms. The van der Waals surface area contributed by atoms with Gasteiger partial charge in [0.15, 0.2) is 0 Å². The van der Waals surface area contributed by atoms with Crippen molar-refractivity contribution in [1.29, 1.82) is 0 Å². The van der Waals surface area contributed by atoms with Gasteiger partial charge in [-0.15, -0.1) is 11.3 Å². The van der Waals surface area contributed by atoms with Gasteiger partial charge in [0, 0.05) is 22.5 Å². The predicted octanol–water partition coefficient (Wildman–Crippen LogP) is 5.43. The van der Waals surface area contributed by atoms with Gasteiger partial charge in [-0.1, -0.05) is 49.7 Å². The number of aromatic nitrogens is 1. The topological polar surface area (TPSA) is 51.2 Å². The van der Waals surface area contributed by atoms with Gasteiger partial charge >= 0.3 is 0 Å². The Balaban J connectivity index is 1.67. The summed E-state index contributed by atoms with van der Waals surface area (Å²) in [6.07, 6.45) is 0. The molecule has 0 aliphatic carbocycles. The highest BCUT2D eigenvalue weighted by Crippen LogP contribution is 2.27. The number of benzene rings is 2. The van der Waals surface area contributed by atoms with Crippen LogP contribution < -0.4 is 10.1 Å². The van der Waals surface area contributed by atoms with Gasteiger partial charge in [0.2, 0.25) is 0 Å². The van der Waals surface area contributed by atoms with Crippen molar-refractivity contribution in [3.8, 4) is 16.3 Å². The Morgan fingerprint density at radius 1 is 1.22 bits per heavy atom. The Morgan fingerprint density at radius 2 is 2.04 bits per heavy atom. The molecule has 0 spiro atoms. The molecule has 1 N–H and O–H groups in total. The van der Waals surface area contributed by atoms with E-state index >= 15 is 0 Å². The van der Waals surface area contributed by atoms with E-state index in [0.29, 0.717) is 29.8 Å². The zero-order chi connectivity index (χ0) is 19.2. The number of hydrogen-bond donors (Lipinski definition) is 1. The molecule has 4 nitrogen and oxygen atoms in total. The summed E-state index contributed by atoms with van der Waals surface area (Å²) in [7, 11) is 0. The monoisotopic (exact) mass is 400 g/mol. The van der Waals surface area contributed by atoms with Crippen LogP contribution >= 0.6 is 22.9 Å². The summed E-state index contributed by atoms with van der Waals surface area (Å²) in [5, 5.41) is 6.15. The Hall–Kier alpha value is -2.37. The van der Waals surface area contributed by atoms with Crippen molar-refractivity contribution >= 4 is 28.8 Å². The van der Waals surface area contributed by atoms with Crippen molar-refractivity contribution in [2.45, 2.75) is 20.5 Å². The molecular weight excluding hydrogens is 380 g/mol. The van der Waals surface area contributed by atoms with Crippen LogP contribution in [0.2, 0.25) is 5.02 Å². The quantitative estimate of drug-likeness (QED) is 0.575. The minimum Gasteiger partial charge on any atom is -0.489 e. The summed E-state index contributed by atoms with van der Waals surface area (Å²) in [6, 6.07) is 15.3. The number of thiazole rings is 1. The molecule has 2 aromatic carbocycles. The highest BCUT2D eigenvalue weighted by Gasteiger charge is 2.12. The molecular formula is C21H21ClN2O2S. The zero-order valence-electron chi connectivity index (χ0n) is 15.2. The van der Waals surface area contributed by atoms with E-state index in [9.17, 15) is 4.79 Å². The van der Waals surface area contributed by atoms with Gasteiger partial charge < -0.3 is 10.1 Å². The van der Waals surface area contributed by atoms with E-state index in [-0.39, 0.29) is 5.91 Å². The highest BCUT2D eigenvalue weighted by molar-refractivity contribution is 7.13. The SMILES string of the molecule is CC(C)CNC(=O)c1csc(-c2cccc(OCc3cccc(Cl)c3)c2)n1. The number of nitrogens with zero attached hydrogens (tertiary/aromatic N) is 1. The van der Waals surface area contributed by atoms with Crippen LogP contribution in [0.25, 0.3) is 10.6 Å². The van der Waals surface area contributed by atoms with Crippen LogP contribution in [0.1, 0.15) is 29.9 Å². The van der Waals surface area contributed by atoms with Crippen molar-refractivity contribution in [3.05, 3.63) is 70.2 Å². The molecule has 0 fully saturated rings. The summed E-state index contributed by atoms with van der Waals surface area (Å²) in [6.45, 7) is 5.19. The molecule has 1 heterocycles. The first-order valence-electron chi connectivity index (χ1n) is 8.72. The fourth-order valence-electron chi connectivity index (χ4n) is 2.41. The van der Waals surface area contributed by atoms with Crippen molar-refractivity contribution in [1.82, 2.24) is 10.3 Å². The molecule has 0 radical (unpaired) electrons. The summed E-state index contributed by atoms with van der Waals surface area (Å²) >= 11 is 7.45. The Labute approximate surface area is 168 Å². The van der Waals surface area contributed by atoms with E-state index in [1.54, 1.807) is 5.38 Å². The van der Waals surface area contributed by atoms with Crippen LogP contribution in [0, 0.1) is 5.92 Å². The van der Waals surface area contributed by atoms with Gasteiger partial charge in [-0.05, 0) is 35.7 Å². The smallest absolute Gasteiger partial charge is 0.270 e. The number of carbonyl (C=O) groups excluding carboxylic acids is 1. The van der Waals surface area contributed by atoms with E-state index in [2.05, 4.69) is 24.1 Å². The second kappa shape index (κ2) is 9.02. The molecule has 0 aliphatic rings. The molecule has 3 rings (SSSR count). The third kappa shape index (κ3) is 5.55. The second-order valence-corrected chi connectivity index (χ2v) is 7.88. The van der Waals surface area contributed by atoms with E-state index < -0.39 is 0 Å². The van der Waals surface area contributed by atoms with Crippen molar-refractivity contribution in [3.63, 3.8) is 0 Å². The van der Waals surface area contributed by atoms with Gasteiger partial charge in [0.05, 0.1) is 0 Å². The third-order valence-electron chi connectivity index (χ3n) is 3.78. The lowest BCUT2D eigenvalue weighted by Gasteiger charge is -2.08. The number of ether oxygens (including phenoxy) is 1. The number of rotatable bonds is 7. The standard InChI is InChI=1S/C21H21ClN2O2S/c1-14(2)11-23-20(25)19-13-27-21(24-19)16-6-4-8-18(10-16)26-12-15-5-3-7-17(22)9-15/h3-10,13-14H,11-12H2,1-2H3,(H,23,25). The zero-order valence-corrected chi connectivity index (χ0v) is 16.8. The molecule has 1 aromatic heterocycles. The maximum atomic E-state index is 12.1. The molecule has 0 unspecified atom stereocenters. The molecule has 6 heteroatoms. The number of nitrogens with one attached hydrogen (secondary N) is 1. The molecule has 3 aromatic rings. The average Bonchev–Trinajstić information content (AvgIpc) is 3.15. The lowest BCUT2D eigenvalue weighted by Crippen LogP contribution is -2.27. The average molecular weight is 401 g/mol. The van der Waals surface area contributed by atoms with Gasteiger partial charge in [-0.2, -0.15) is 0 Å². The van der Waals surface area contributed by atoms with E-state index in [4.69, 9.17) is 16.3 Å². The maximum Gasteiger partial charge on any atom is 0.270 e. The van der Waals surface area contributed by atoms with E-state index in [0.717, 1.165) is 21.9 Å². The van der Waals surface area contributed by atoms with Crippen molar-refractivity contribution in [2.24, 2.45) is 5.92 Å². The first-order valence-corrected chi connectivity index (χ1v) is 9.98. The summed E-state index contributed by atoms with van der Waals surface area (Å²) in [4.78, 5) is 16.6. The summed E-state index contributed by atoms with van der Waals surface area (Å²) in [5.41, 5.74) is 2.37. The van der Waals surface area contributed by atoms with Gasteiger partial charge in [-0.3, -0.25) is 4.79 Å². The van der Waals surface area contributed by atoms with Gasteiger partial charge in [0.1, 0.15) is 23.1 Å². The van der Waals surface area contributed by atoms with Crippen molar-refractivity contribution in [2.75, 3.05) is 6.54 Å². The van der Waals surface area contributed by atoms with E-state index in [1.165, 1.54) is 11.3 Å². The second-order valence-electron chi connectivity index (χ2n) is 6.59. The fraction of sp³-hybridized carbons (Fsp3) is 0.238. The number of amides is 1. The number of hydrogen-bond acceptors (Lipinski definition) is 4. The molecule has 140 valence electrons. The Bertz CT molecular complexity index is 924. The number of carbonyl (C=O) groups is 1. The van der Waals surface area contributed by atoms with Crippen LogP contribution in [0.5, 0.6) is 5.75 Å². The lowest BCUT2D eigenvalue weighted by atomic mass is 10.2. The Morgan fingerprint density at radius 3 is 2.81 bits per heavy atom. The summed E-state index contributed by atoms with van der Waals surface area (Å²) < 4.78 is 5.87. The first kappa shape index (κ1) is 19.4. The minimum atomic E-state index is -0.139. The number of halogens is 1. The third-order valence-corrected chi connectivity index (χ3v) is 4.91. The van der Waals surface area contributed by atoms with Crippen LogP contribution in [-0.4, -0.2) is 17.4 Å². The van der Waals surface area contributed by atoms with Crippen LogP contribution in [0.3, 0.4) is 0 Å². The predicted molar refractivity (Wildman–Crippen MR) is 111 cm³/mol. The fourth-order valence-corrected chi connectivity index (χ4v) is 3.42. The van der Waals surface area contributed by atoms with Crippen LogP contribution in [0.4, 0.5) is 0 Å². The molecule has 0 saturated heterocycles. The molecule has 0 atom stereocenters. The Kier molecular flexibility index (Phi) is 6.48. The minimum absolute atomic E-state index is 0.139. The van der Waals surface area contributed by atoms with Crippen LogP contribution in [0.15, 0.2) is 53.9 Å². The highest BCUT2D eigenvalue weighted by atomic mass is 35.5. The molecule has 1 amide bonds. The largest absolute Gasteiger partial charge is 0.489 e. The van der Waals surface area contributed by atoms with Crippen LogP contribution in [-0.2, 0) is 6.61 Å². The first-order chi connectivity index (χ1) is 13.0. The lowest BCUT2D eigenvalue weighted by molar-refractivity contribution is 0.0945. The van der Waals surface area contributed by atoms with E-state index in [1.807, 2.05) is 48.5 Å². The molecule has 0 saturated carbocycles. The maximum absolute atomic E-state index is 12.1.